The maximum Gasteiger partial charge on any atom is 1.00 e. The SMILES string of the molecule is CCCCCCCCCCC(O)CC(OP(=O)([O-])[O-])C(O)CO.[Na+].[Na+]. The van der Waals surface area contributed by atoms with Gasteiger partial charge in [-0.1, -0.05) is 58.3 Å². The summed E-state index contributed by atoms with van der Waals surface area (Å²) in [6.45, 7) is 1.43. The topological polar surface area (TPSA) is 133 Å². The summed E-state index contributed by atoms with van der Waals surface area (Å²) in [5.41, 5.74) is 0. The van der Waals surface area contributed by atoms with E-state index in [1.807, 2.05) is 0 Å². The van der Waals surface area contributed by atoms with Gasteiger partial charge in [0.05, 0.1) is 26.6 Å². The van der Waals surface area contributed by atoms with Gasteiger partial charge in [0.25, 0.3) is 0 Å². The molecule has 0 aliphatic rings. The Morgan fingerprint density at radius 2 is 1.44 bits per heavy atom. The van der Waals surface area contributed by atoms with Crippen LogP contribution in [-0.2, 0) is 9.09 Å². The average Bonchev–Trinajstić information content (AvgIpc) is 2.47. The van der Waals surface area contributed by atoms with E-state index in [4.69, 9.17) is 5.11 Å². The molecule has 0 aliphatic carbocycles. The summed E-state index contributed by atoms with van der Waals surface area (Å²) in [4.78, 5) is 21.3. The molecule has 10 heteroatoms. The first-order chi connectivity index (χ1) is 10.8. The molecule has 140 valence electrons. The van der Waals surface area contributed by atoms with Gasteiger partial charge in [-0.3, -0.25) is 0 Å². The minimum Gasteiger partial charge on any atom is -0.790 e. The van der Waals surface area contributed by atoms with Crippen molar-refractivity contribution >= 4 is 7.82 Å². The van der Waals surface area contributed by atoms with Crippen LogP contribution in [-0.4, -0.2) is 40.2 Å². The molecule has 0 fully saturated rings. The molecule has 0 spiro atoms. The number of aliphatic hydroxyl groups excluding tert-OH is 3. The van der Waals surface area contributed by atoms with E-state index in [1.165, 1.54) is 32.1 Å². The predicted octanol–water partition coefficient (Wildman–Crippen LogP) is -5.16. The Morgan fingerprint density at radius 3 is 1.88 bits per heavy atom. The first kappa shape index (κ1) is 31.7. The van der Waals surface area contributed by atoms with Crippen LogP contribution in [0.3, 0.4) is 0 Å². The number of hydrogen-bond acceptors (Lipinski definition) is 7. The smallest absolute Gasteiger partial charge is 0.790 e. The summed E-state index contributed by atoms with van der Waals surface area (Å²) in [7, 11) is -5.28. The van der Waals surface area contributed by atoms with Crippen LogP contribution in [0.4, 0.5) is 0 Å². The normalized spacial score (nSPS) is 15.0. The van der Waals surface area contributed by atoms with Gasteiger partial charge in [0.15, 0.2) is 0 Å². The summed E-state index contributed by atoms with van der Waals surface area (Å²) in [6.07, 6.45) is 5.39. The van der Waals surface area contributed by atoms with Gasteiger partial charge in [-0.15, -0.1) is 0 Å². The van der Waals surface area contributed by atoms with Crippen LogP contribution in [0.5, 0.6) is 0 Å². The average molecular weight is 400 g/mol. The maximum atomic E-state index is 10.6. The number of rotatable bonds is 15. The third kappa shape index (κ3) is 20.5. The summed E-state index contributed by atoms with van der Waals surface area (Å²) < 4.78 is 14.8. The van der Waals surface area contributed by atoms with Crippen LogP contribution in [0.1, 0.15) is 71.1 Å². The molecule has 0 aromatic rings. The Morgan fingerprint density at radius 1 is 0.960 bits per heavy atom. The van der Waals surface area contributed by atoms with Crippen molar-refractivity contribution in [3.05, 3.63) is 0 Å². The third-order valence-corrected chi connectivity index (χ3v) is 4.30. The van der Waals surface area contributed by atoms with Crippen molar-refractivity contribution < 1.29 is 93.3 Å². The monoisotopic (exact) mass is 400 g/mol. The number of phosphoric acid groups is 1. The molecule has 3 atom stereocenters. The summed E-state index contributed by atoms with van der Waals surface area (Å²) in [5.74, 6) is 0. The zero-order valence-electron chi connectivity index (χ0n) is 15.9. The Bertz CT molecular complexity index is 331. The van der Waals surface area contributed by atoms with Crippen molar-refractivity contribution in [2.24, 2.45) is 0 Å². The van der Waals surface area contributed by atoms with E-state index in [0.29, 0.717) is 6.42 Å². The molecule has 0 saturated carbocycles. The van der Waals surface area contributed by atoms with Crippen molar-refractivity contribution in [1.29, 1.82) is 0 Å². The molecular weight excluding hydrogens is 369 g/mol. The van der Waals surface area contributed by atoms with Crippen LogP contribution in [0.2, 0.25) is 0 Å². The van der Waals surface area contributed by atoms with Gasteiger partial charge in [0.1, 0.15) is 6.10 Å². The second-order valence-electron chi connectivity index (χ2n) is 5.99. The minimum absolute atomic E-state index is 0. The Labute approximate surface area is 195 Å². The van der Waals surface area contributed by atoms with Crippen molar-refractivity contribution in [3.63, 3.8) is 0 Å². The van der Waals surface area contributed by atoms with Gasteiger partial charge >= 0.3 is 59.1 Å². The maximum absolute atomic E-state index is 10.6. The fourth-order valence-electron chi connectivity index (χ4n) is 2.45. The standard InChI is InChI=1S/C15H33O7P.2Na/c1-2-3-4-5-6-7-8-9-10-13(17)11-15(14(18)12-16)22-23(19,20)21;;/h13-18H,2-12H2,1H3,(H2,19,20,21);;/q;2*+1/p-2. The third-order valence-electron chi connectivity index (χ3n) is 3.78. The molecule has 0 amide bonds. The Hall–Kier alpha value is 1.99. The van der Waals surface area contributed by atoms with E-state index in [0.717, 1.165) is 19.3 Å². The van der Waals surface area contributed by atoms with Crippen LogP contribution in [0.25, 0.3) is 0 Å². The first-order valence-electron chi connectivity index (χ1n) is 8.47. The van der Waals surface area contributed by atoms with Crippen LogP contribution < -0.4 is 68.9 Å². The van der Waals surface area contributed by atoms with Gasteiger partial charge < -0.3 is 34.2 Å². The predicted molar refractivity (Wildman–Crippen MR) is 83.4 cm³/mol. The van der Waals surface area contributed by atoms with Crippen LogP contribution >= 0.6 is 7.82 Å². The molecule has 3 unspecified atom stereocenters. The van der Waals surface area contributed by atoms with Crippen LogP contribution in [0.15, 0.2) is 0 Å². The molecule has 0 aromatic heterocycles. The number of unbranched alkanes of at least 4 members (excludes halogenated alkanes) is 7. The molecule has 3 N–H and O–H groups in total. The van der Waals surface area contributed by atoms with Crippen molar-refractivity contribution in [2.75, 3.05) is 6.61 Å². The molecule has 0 bridgehead atoms. The summed E-state index contributed by atoms with van der Waals surface area (Å²) >= 11 is 0. The van der Waals surface area contributed by atoms with E-state index < -0.39 is 32.7 Å². The van der Waals surface area contributed by atoms with Gasteiger partial charge in [-0.2, -0.15) is 0 Å². The molecular formula is C15H31Na2O7P. The summed E-state index contributed by atoms with van der Waals surface area (Å²) in [6, 6.07) is 0. The van der Waals surface area contributed by atoms with E-state index in [1.54, 1.807) is 0 Å². The zero-order chi connectivity index (χ0) is 17.7. The van der Waals surface area contributed by atoms with E-state index in [9.17, 15) is 24.6 Å². The molecule has 0 heterocycles. The molecule has 0 aliphatic heterocycles. The molecule has 7 nitrogen and oxygen atoms in total. The summed E-state index contributed by atoms with van der Waals surface area (Å²) in [5, 5.41) is 28.2. The van der Waals surface area contributed by atoms with Crippen molar-refractivity contribution in [1.82, 2.24) is 0 Å². The molecule has 0 radical (unpaired) electrons. The quantitative estimate of drug-likeness (QED) is 0.142. The van der Waals surface area contributed by atoms with Gasteiger partial charge in [0.2, 0.25) is 0 Å². The zero-order valence-corrected chi connectivity index (χ0v) is 20.8. The van der Waals surface area contributed by atoms with Crippen LogP contribution in [0, 0.1) is 0 Å². The van der Waals surface area contributed by atoms with E-state index in [-0.39, 0.29) is 65.5 Å². The van der Waals surface area contributed by atoms with Gasteiger partial charge in [-0.05, 0) is 6.42 Å². The number of hydrogen-bond donors (Lipinski definition) is 3. The number of phosphoric ester groups is 1. The Kier molecular flexibility index (Phi) is 24.5. The second-order valence-corrected chi connectivity index (χ2v) is 7.10. The van der Waals surface area contributed by atoms with E-state index >= 15 is 0 Å². The first-order valence-corrected chi connectivity index (χ1v) is 9.93. The minimum atomic E-state index is -5.28. The van der Waals surface area contributed by atoms with Crippen molar-refractivity contribution in [2.45, 2.75) is 89.4 Å². The fourth-order valence-corrected chi connectivity index (χ4v) is 3.01. The Balaban J connectivity index is -0.00000242. The molecule has 0 rings (SSSR count). The molecule has 0 saturated heterocycles. The number of aliphatic hydroxyl groups is 3. The molecule has 0 aromatic carbocycles. The van der Waals surface area contributed by atoms with E-state index in [2.05, 4.69) is 11.4 Å². The fraction of sp³-hybridized carbons (Fsp3) is 1.00. The van der Waals surface area contributed by atoms with Gasteiger partial charge in [0, 0.05) is 6.42 Å². The molecule has 25 heavy (non-hydrogen) atoms. The van der Waals surface area contributed by atoms with Gasteiger partial charge in [-0.25, -0.2) is 0 Å². The largest absolute Gasteiger partial charge is 1.00 e. The second kappa shape index (κ2) is 19.3. The van der Waals surface area contributed by atoms with Crippen molar-refractivity contribution in [3.8, 4) is 0 Å².